The topological polar surface area (TPSA) is 51.7 Å². The maximum atomic E-state index is 13.3. The summed E-state index contributed by atoms with van der Waals surface area (Å²) in [7, 11) is 1.71. The van der Waals surface area contributed by atoms with Crippen LogP contribution in [0.4, 0.5) is 13.2 Å². The zero-order valence-electron chi connectivity index (χ0n) is 21.0. The molecular formula is C30H25F3N2O3. The summed E-state index contributed by atoms with van der Waals surface area (Å²) in [5, 5.41) is 1.06. The number of fused-ring (bicyclic) bond motifs is 1. The minimum Gasteiger partial charge on any atom is -0.487 e. The van der Waals surface area contributed by atoms with Crippen molar-refractivity contribution in [3.05, 3.63) is 102 Å². The van der Waals surface area contributed by atoms with Crippen LogP contribution in [0.3, 0.4) is 0 Å². The second kappa shape index (κ2) is 9.52. The predicted octanol–water partition coefficient (Wildman–Crippen LogP) is 6.87. The summed E-state index contributed by atoms with van der Waals surface area (Å²) in [5.74, 6) is 0.133. The highest BCUT2D eigenvalue weighted by molar-refractivity contribution is 6.31. The van der Waals surface area contributed by atoms with E-state index in [4.69, 9.17) is 4.74 Å². The molecule has 1 aromatic heterocycles. The molecule has 0 atom stereocenters. The molecule has 0 fully saturated rings. The Morgan fingerprint density at radius 1 is 0.842 bits per heavy atom. The van der Waals surface area contributed by atoms with Crippen LogP contribution in [0.2, 0.25) is 0 Å². The van der Waals surface area contributed by atoms with Crippen LogP contribution in [0.15, 0.2) is 84.9 Å². The van der Waals surface area contributed by atoms with Crippen LogP contribution in [0.25, 0.3) is 22.0 Å². The molecule has 0 N–H and O–H groups in total. The van der Waals surface area contributed by atoms with Crippen molar-refractivity contribution in [1.82, 2.24) is 9.88 Å². The number of pyridine rings is 1. The number of alkyl halides is 3. The van der Waals surface area contributed by atoms with E-state index < -0.39 is 11.9 Å². The lowest BCUT2D eigenvalue weighted by Gasteiger charge is -2.31. The van der Waals surface area contributed by atoms with Crippen molar-refractivity contribution in [3.8, 4) is 11.5 Å². The fourth-order valence-electron chi connectivity index (χ4n) is 4.65. The number of carbonyl (C=O) groups excluding carboxylic acids is 1. The molecule has 5 rings (SSSR count). The first-order valence-corrected chi connectivity index (χ1v) is 12.0. The molecule has 2 heterocycles. The number of ether oxygens (including phenoxy) is 2. The molecule has 0 aliphatic carbocycles. The van der Waals surface area contributed by atoms with Gasteiger partial charge in [0, 0.05) is 12.4 Å². The van der Waals surface area contributed by atoms with Gasteiger partial charge in [0.15, 0.2) is 0 Å². The molecule has 0 bridgehead atoms. The molecule has 1 aliphatic heterocycles. The molecule has 1 amide bonds. The van der Waals surface area contributed by atoms with E-state index in [1.54, 1.807) is 36.2 Å². The van der Waals surface area contributed by atoms with Crippen LogP contribution in [0, 0.1) is 0 Å². The first-order valence-electron chi connectivity index (χ1n) is 12.0. The fraction of sp³-hybridized carbons (Fsp3) is 0.200. The SMILES string of the molecule is CN1C(=O)C(c2ccc(OCc3ccc4ccccc4n3)cc2)=C(c2ccc(OC(F)(F)F)cc2)C1(C)C. The van der Waals surface area contributed by atoms with Gasteiger partial charge in [-0.25, -0.2) is 4.98 Å². The minimum absolute atomic E-state index is 0.172. The molecule has 3 aromatic carbocycles. The van der Waals surface area contributed by atoms with Gasteiger partial charge >= 0.3 is 6.36 Å². The monoisotopic (exact) mass is 518 g/mol. The zero-order valence-corrected chi connectivity index (χ0v) is 21.0. The number of hydrogen-bond donors (Lipinski definition) is 0. The third kappa shape index (κ3) is 4.94. The molecule has 0 saturated heterocycles. The number of carbonyl (C=O) groups is 1. The van der Waals surface area contributed by atoms with Gasteiger partial charge in [-0.3, -0.25) is 4.79 Å². The highest BCUT2D eigenvalue weighted by atomic mass is 19.4. The molecule has 38 heavy (non-hydrogen) atoms. The Hall–Kier alpha value is -4.33. The Kier molecular flexibility index (Phi) is 6.34. The summed E-state index contributed by atoms with van der Waals surface area (Å²) in [4.78, 5) is 19.6. The van der Waals surface area contributed by atoms with E-state index in [-0.39, 0.29) is 11.7 Å². The van der Waals surface area contributed by atoms with Gasteiger partial charge in [0.2, 0.25) is 0 Å². The average molecular weight is 519 g/mol. The van der Waals surface area contributed by atoms with Crippen molar-refractivity contribution >= 4 is 28.0 Å². The molecule has 0 radical (unpaired) electrons. The summed E-state index contributed by atoms with van der Waals surface area (Å²) in [5.41, 5.74) is 3.55. The van der Waals surface area contributed by atoms with Crippen LogP contribution in [-0.2, 0) is 11.4 Å². The van der Waals surface area contributed by atoms with Crippen molar-refractivity contribution in [3.63, 3.8) is 0 Å². The zero-order chi connectivity index (χ0) is 27.1. The van der Waals surface area contributed by atoms with Gasteiger partial charge in [0.25, 0.3) is 5.91 Å². The summed E-state index contributed by atoms with van der Waals surface area (Å²) < 4.78 is 47.7. The van der Waals surface area contributed by atoms with E-state index in [1.807, 2.05) is 62.4 Å². The minimum atomic E-state index is -4.77. The molecule has 0 unspecified atom stereocenters. The normalized spacial score (nSPS) is 15.3. The van der Waals surface area contributed by atoms with Crippen molar-refractivity contribution < 1.29 is 27.4 Å². The Balaban J connectivity index is 1.41. The Morgan fingerprint density at radius 3 is 2.16 bits per heavy atom. The number of amides is 1. The van der Waals surface area contributed by atoms with Gasteiger partial charge in [-0.1, -0.05) is 48.5 Å². The summed E-state index contributed by atoms with van der Waals surface area (Å²) in [6.45, 7) is 4.10. The maximum Gasteiger partial charge on any atom is 0.573 e. The van der Waals surface area contributed by atoms with Crippen LogP contribution in [0.5, 0.6) is 11.5 Å². The van der Waals surface area contributed by atoms with Crippen LogP contribution in [0.1, 0.15) is 30.7 Å². The van der Waals surface area contributed by atoms with Crippen molar-refractivity contribution in [1.29, 1.82) is 0 Å². The van der Waals surface area contributed by atoms with Crippen LogP contribution >= 0.6 is 0 Å². The lowest BCUT2D eigenvalue weighted by atomic mass is 9.85. The Bertz CT molecular complexity index is 1530. The summed E-state index contributed by atoms with van der Waals surface area (Å²) >= 11 is 0. The third-order valence-electron chi connectivity index (χ3n) is 6.78. The van der Waals surface area contributed by atoms with Crippen LogP contribution < -0.4 is 9.47 Å². The highest BCUT2D eigenvalue weighted by Gasteiger charge is 2.44. The molecule has 0 saturated carbocycles. The van der Waals surface area contributed by atoms with Crippen molar-refractivity contribution in [2.45, 2.75) is 32.4 Å². The van der Waals surface area contributed by atoms with Gasteiger partial charge < -0.3 is 14.4 Å². The number of halogens is 3. The lowest BCUT2D eigenvalue weighted by Crippen LogP contribution is -2.39. The van der Waals surface area contributed by atoms with Gasteiger partial charge in [0.1, 0.15) is 18.1 Å². The van der Waals surface area contributed by atoms with Gasteiger partial charge in [0.05, 0.1) is 22.3 Å². The predicted molar refractivity (Wildman–Crippen MR) is 139 cm³/mol. The van der Waals surface area contributed by atoms with E-state index >= 15 is 0 Å². The third-order valence-corrected chi connectivity index (χ3v) is 6.78. The Morgan fingerprint density at radius 2 is 1.47 bits per heavy atom. The molecule has 5 nitrogen and oxygen atoms in total. The van der Waals surface area contributed by atoms with Gasteiger partial charge in [-0.15, -0.1) is 13.2 Å². The van der Waals surface area contributed by atoms with E-state index in [0.29, 0.717) is 29.1 Å². The molecule has 194 valence electrons. The number of rotatable bonds is 6. The molecule has 1 aliphatic rings. The summed E-state index contributed by atoms with van der Waals surface area (Å²) in [6.07, 6.45) is -4.77. The number of para-hydroxylation sites is 1. The van der Waals surface area contributed by atoms with E-state index in [1.165, 1.54) is 12.1 Å². The fourth-order valence-corrected chi connectivity index (χ4v) is 4.65. The maximum absolute atomic E-state index is 13.3. The first kappa shape index (κ1) is 25.3. The number of benzene rings is 3. The van der Waals surface area contributed by atoms with E-state index in [9.17, 15) is 18.0 Å². The standard InChI is InChI=1S/C30H25F3N2O3/c1-29(2)27(21-11-16-24(17-12-21)38-30(31,32)33)26(28(36)35(29)3)20-9-14-23(15-10-20)37-18-22-13-8-19-6-4-5-7-25(19)34-22/h4-17H,18H2,1-3H3. The number of nitrogens with zero attached hydrogens (tertiary/aromatic N) is 2. The van der Waals surface area contributed by atoms with E-state index in [2.05, 4.69) is 9.72 Å². The van der Waals surface area contributed by atoms with Crippen molar-refractivity contribution in [2.75, 3.05) is 7.05 Å². The Labute approximate surface area is 218 Å². The number of hydrogen-bond acceptors (Lipinski definition) is 4. The summed E-state index contributed by atoms with van der Waals surface area (Å²) in [6, 6.07) is 24.6. The van der Waals surface area contributed by atoms with Gasteiger partial charge in [-0.2, -0.15) is 0 Å². The second-order valence-corrected chi connectivity index (χ2v) is 9.55. The molecule has 0 spiro atoms. The smallest absolute Gasteiger partial charge is 0.487 e. The van der Waals surface area contributed by atoms with Gasteiger partial charge in [-0.05, 0) is 66.9 Å². The van der Waals surface area contributed by atoms with Crippen molar-refractivity contribution in [2.24, 2.45) is 0 Å². The molecule has 4 aromatic rings. The molecule has 8 heteroatoms. The second-order valence-electron chi connectivity index (χ2n) is 9.55. The van der Waals surface area contributed by atoms with Crippen LogP contribution in [-0.4, -0.2) is 34.7 Å². The molecular weight excluding hydrogens is 493 g/mol. The average Bonchev–Trinajstić information content (AvgIpc) is 3.07. The number of likely N-dealkylation sites (N-methyl/N-ethyl adjacent to an activating group) is 1. The number of aromatic nitrogens is 1. The quantitative estimate of drug-likeness (QED) is 0.279. The first-order chi connectivity index (χ1) is 18.0. The highest BCUT2D eigenvalue weighted by Crippen LogP contribution is 2.45. The van der Waals surface area contributed by atoms with E-state index in [0.717, 1.165) is 22.2 Å². The largest absolute Gasteiger partial charge is 0.573 e. The lowest BCUT2D eigenvalue weighted by molar-refractivity contribution is -0.274.